The van der Waals surface area contributed by atoms with Crippen molar-refractivity contribution in [1.82, 2.24) is 10.6 Å². The first-order valence-electron chi connectivity index (χ1n) is 11.6. The quantitative estimate of drug-likeness (QED) is 0.514. The fourth-order valence-corrected chi connectivity index (χ4v) is 3.20. The Kier molecular flexibility index (Phi) is 9.28. The Hall–Kier alpha value is -3.55. The van der Waals surface area contributed by atoms with E-state index in [0.717, 1.165) is 16.7 Å². The number of hydrogen-bond donors (Lipinski definition) is 3. The van der Waals surface area contributed by atoms with E-state index in [-0.39, 0.29) is 36.9 Å². The van der Waals surface area contributed by atoms with Crippen LogP contribution < -0.4 is 20.7 Å². The first-order valence-corrected chi connectivity index (χ1v) is 11.6. The molecular weight excluding hydrogens is 446 g/mol. The van der Waals surface area contributed by atoms with Crippen LogP contribution in [0.1, 0.15) is 58.2 Å². The van der Waals surface area contributed by atoms with Crippen molar-refractivity contribution in [3.05, 3.63) is 59.2 Å². The van der Waals surface area contributed by atoms with Crippen molar-refractivity contribution >= 4 is 23.6 Å². The maximum Gasteiger partial charge on any atom is 0.408 e. The van der Waals surface area contributed by atoms with Crippen molar-refractivity contribution in [3.8, 4) is 5.75 Å². The summed E-state index contributed by atoms with van der Waals surface area (Å²) in [5.74, 6) is -0.0125. The third kappa shape index (κ3) is 9.68. The molecule has 0 aliphatic rings. The molecule has 8 nitrogen and oxygen atoms in total. The number of aryl methyl sites for hydroxylation is 1. The number of rotatable bonds is 8. The molecule has 2 rings (SSSR count). The minimum Gasteiger partial charge on any atom is -0.483 e. The minimum absolute atomic E-state index is 0.124. The monoisotopic (exact) mass is 483 g/mol. The number of para-hydroxylation sites is 1. The van der Waals surface area contributed by atoms with Crippen LogP contribution >= 0.6 is 0 Å². The summed E-state index contributed by atoms with van der Waals surface area (Å²) in [5, 5.41) is 7.98. The van der Waals surface area contributed by atoms with Crippen molar-refractivity contribution in [3.63, 3.8) is 0 Å². The highest BCUT2D eigenvalue weighted by Crippen LogP contribution is 2.32. The van der Waals surface area contributed by atoms with E-state index in [4.69, 9.17) is 9.47 Å². The summed E-state index contributed by atoms with van der Waals surface area (Å²) in [5.41, 5.74) is 2.69. The third-order valence-corrected chi connectivity index (χ3v) is 4.86. The lowest BCUT2D eigenvalue weighted by molar-refractivity contribution is -0.120. The highest BCUT2D eigenvalue weighted by Gasteiger charge is 2.20. The smallest absolute Gasteiger partial charge is 0.408 e. The molecule has 0 saturated carbocycles. The van der Waals surface area contributed by atoms with Crippen molar-refractivity contribution in [2.75, 3.05) is 18.5 Å². The summed E-state index contributed by atoms with van der Waals surface area (Å²) in [4.78, 5) is 36.4. The van der Waals surface area contributed by atoms with E-state index in [9.17, 15) is 14.4 Å². The predicted octanol–water partition coefficient (Wildman–Crippen LogP) is 4.45. The molecule has 0 atom stereocenters. The van der Waals surface area contributed by atoms with E-state index in [1.54, 1.807) is 39.0 Å². The molecule has 0 fully saturated rings. The van der Waals surface area contributed by atoms with Gasteiger partial charge in [0.2, 0.25) is 5.91 Å². The van der Waals surface area contributed by atoms with Crippen LogP contribution in [0.25, 0.3) is 0 Å². The van der Waals surface area contributed by atoms with E-state index < -0.39 is 11.7 Å². The largest absolute Gasteiger partial charge is 0.483 e. The highest BCUT2D eigenvalue weighted by atomic mass is 16.6. The van der Waals surface area contributed by atoms with Crippen LogP contribution in [0.4, 0.5) is 10.5 Å². The first-order chi connectivity index (χ1) is 16.2. The molecule has 0 unspecified atom stereocenters. The van der Waals surface area contributed by atoms with Crippen molar-refractivity contribution in [1.29, 1.82) is 0 Å². The van der Waals surface area contributed by atoms with E-state index in [1.165, 1.54) is 0 Å². The van der Waals surface area contributed by atoms with Gasteiger partial charge >= 0.3 is 6.09 Å². The summed E-state index contributed by atoms with van der Waals surface area (Å²) in [6.45, 7) is 13.4. The minimum atomic E-state index is -0.663. The third-order valence-electron chi connectivity index (χ3n) is 4.86. The molecule has 2 aromatic carbocycles. The second-order valence-electron chi connectivity index (χ2n) is 10.4. The van der Waals surface area contributed by atoms with Gasteiger partial charge in [-0.3, -0.25) is 9.59 Å². The molecule has 0 bridgehead atoms. The lowest BCUT2D eigenvalue weighted by Crippen LogP contribution is -2.39. The molecule has 0 heterocycles. The number of anilines is 1. The summed E-state index contributed by atoms with van der Waals surface area (Å²) in [6.07, 6.45) is -0.663. The van der Waals surface area contributed by atoms with Crippen LogP contribution in [-0.2, 0) is 26.3 Å². The number of alkyl carbamates (subject to hydrolysis) is 1. The normalized spacial score (nSPS) is 11.4. The SMILES string of the molecule is Cc1ccc(OCC(=O)Nc2ccccc2CNC(=O)CNC(=O)OC(C)(C)C)c(C(C)(C)C)c1. The molecule has 190 valence electrons. The summed E-state index contributed by atoms with van der Waals surface area (Å²) in [6, 6.07) is 13.1. The van der Waals surface area contributed by atoms with Gasteiger partial charge in [0.15, 0.2) is 6.61 Å². The van der Waals surface area contributed by atoms with E-state index >= 15 is 0 Å². The van der Waals surface area contributed by atoms with Crippen LogP contribution in [0.15, 0.2) is 42.5 Å². The maximum atomic E-state index is 12.6. The van der Waals surface area contributed by atoms with E-state index in [0.29, 0.717) is 11.4 Å². The number of carbonyl (C=O) groups is 3. The Bertz CT molecular complexity index is 1050. The van der Waals surface area contributed by atoms with Gasteiger partial charge in [0, 0.05) is 12.2 Å². The van der Waals surface area contributed by atoms with E-state index in [1.807, 2.05) is 25.1 Å². The number of carbonyl (C=O) groups excluding carboxylic acids is 3. The average molecular weight is 484 g/mol. The average Bonchev–Trinajstić information content (AvgIpc) is 2.74. The molecule has 8 heteroatoms. The number of hydrogen-bond acceptors (Lipinski definition) is 5. The van der Waals surface area contributed by atoms with Crippen LogP contribution in [0, 0.1) is 6.92 Å². The second kappa shape index (κ2) is 11.7. The topological polar surface area (TPSA) is 106 Å². The molecule has 0 saturated heterocycles. The van der Waals surface area contributed by atoms with Gasteiger partial charge in [-0.1, -0.05) is 56.7 Å². The molecule has 0 spiro atoms. The van der Waals surface area contributed by atoms with Crippen molar-refractivity contribution < 1.29 is 23.9 Å². The fraction of sp³-hybridized carbons (Fsp3) is 0.444. The van der Waals surface area contributed by atoms with Crippen LogP contribution in [0.3, 0.4) is 0 Å². The van der Waals surface area contributed by atoms with Gasteiger partial charge in [-0.2, -0.15) is 0 Å². The molecule has 2 aromatic rings. The standard InChI is InChI=1S/C27H37N3O5/c1-18-12-13-22(20(14-18)26(2,3)4)34-17-24(32)30-21-11-9-8-10-19(21)15-28-23(31)16-29-25(33)35-27(5,6)7/h8-14H,15-17H2,1-7H3,(H,28,31)(H,29,33)(H,30,32). The zero-order valence-electron chi connectivity index (χ0n) is 21.7. The fourth-order valence-electron chi connectivity index (χ4n) is 3.20. The number of amides is 3. The molecule has 3 N–H and O–H groups in total. The van der Waals surface area contributed by atoms with Crippen LogP contribution in [-0.4, -0.2) is 36.7 Å². The molecule has 3 amide bonds. The van der Waals surface area contributed by atoms with Crippen LogP contribution in [0.2, 0.25) is 0 Å². The second-order valence-corrected chi connectivity index (χ2v) is 10.4. The molecule has 35 heavy (non-hydrogen) atoms. The lowest BCUT2D eigenvalue weighted by atomic mass is 9.85. The highest BCUT2D eigenvalue weighted by molar-refractivity contribution is 5.92. The van der Waals surface area contributed by atoms with Gasteiger partial charge in [-0.15, -0.1) is 0 Å². The van der Waals surface area contributed by atoms with Crippen molar-refractivity contribution in [2.45, 2.75) is 66.0 Å². The van der Waals surface area contributed by atoms with E-state index in [2.05, 4.69) is 42.8 Å². The van der Waals surface area contributed by atoms with Crippen LogP contribution in [0.5, 0.6) is 5.75 Å². The Morgan fingerprint density at radius 3 is 2.23 bits per heavy atom. The summed E-state index contributed by atoms with van der Waals surface area (Å²) < 4.78 is 11.0. The zero-order valence-corrected chi connectivity index (χ0v) is 21.7. The molecular formula is C27H37N3O5. The lowest BCUT2D eigenvalue weighted by Gasteiger charge is -2.23. The number of ether oxygens (including phenoxy) is 2. The number of benzene rings is 2. The van der Waals surface area contributed by atoms with Crippen molar-refractivity contribution in [2.24, 2.45) is 0 Å². The first kappa shape index (κ1) is 27.7. The van der Waals surface area contributed by atoms with Gasteiger partial charge in [0.05, 0.1) is 0 Å². The Morgan fingerprint density at radius 2 is 1.57 bits per heavy atom. The van der Waals surface area contributed by atoms with Gasteiger partial charge in [-0.25, -0.2) is 4.79 Å². The summed E-state index contributed by atoms with van der Waals surface area (Å²) >= 11 is 0. The number of nitrogens with one attached hydrogen (secondary N) is 3. The summed E-state index contributed by atoms with van der Waals surface area (Å²) in [7, 11) is 0. The predicted molar refractivity (Wildman–Crippen MR) is 137 cm³/mol. The zero-order chi connectivity index (χ0) is 26.2. The molecule has 0 aliphatic heterocycles. The Morgan fingerprint density at radius 1 is 0.886 bits per heavy atom. The van der Waals surface area contributed by atoms with Gasteiger partial charge in [0.1, 0.15) is 17.9 Å². The molecule has 0 radical (unpaired) electrons. The molecule has 0 aromatic heterocycles. The Balaban J connectivity index is 1.91. The van der Waals surface area contributed by atoms with Gasteiger partial charge in [0.25, 0.3) is 5.91 Å². The van der Waals surface area contributed by atoms with Gasteiger partial charge < -0.3 is 25.4 Å². The van der Waals surface area contributed by atoms with Gasteiger partial charge in [-0.05, 0) is 56.4 Å². The Labute approximate surface area is 207 Å². The molecule has 0 aliphatic carbocycles. The maximum absolute atomic E-state index is 12.6.